The van der Waals surface area contributed by atoms with Gasteiger partial charge in [0.05, 0.1) is 11.0 Å². The largest absolute Gasteiger partial charge is 0.342 e. The molecular weight excluding hydrogens is 401 g/mol. The van der Waals surface area contributed by atoms with Gasteiger partial charge in [-0.3, -0.25) is 4.79 Å². The maximum Gasteiger partial charge on any atom is 0.246 e. The summed E-state index contributed by atoms with van der Waals surface area (Å²) >= 11 is 0. The average Bonchev–Trinajstić information content (AvgIpc) is 3.31. The highest BCUT2D eigenvalue weighted by molar-refractivity contribution is 5.89. The normalized spacial score (nSPS) is 40.9. The predicted molar refractivity (Wildman–Crippen MR) is 123 cm³/mol. The number of benzene rings is 1. The maximum absolute atomic E-state index is 13.6. The van der Waals surface area contributed by atoms with E-state index in [1.807, 2.05) is 18.0 Å². The van der Waals surface area contributed by atoms with Gasteiger partial charge in [0.25, 0.3) is 0 Å². The Hall–Kier alpha value is -2.17. The molecule has 1 aromatic carbocycles. The van der Waals surface area contributed by atoms with Crippen LogP contribution in [0.1, 0.15) is 58.2 Å². The first-order valence-corrected chi connectivity index (χ1v) is 12.4. The van der Waals surface area contributed by atoms with Crippen molar-refractivity contribution in [2.24, 2.45) is 34.5 Å². The van der Waals surface area contributed by atoms with E-state index < -0.39 is 0 Å². The third-order valence-corrected chi connectivity index (χ3v) is 10.3. The second-order valence-electron chi connectivity index (χ2n) is 11.5. The molecule has 4 aliphatic rings. The molecule has 1 aliphatic heterocycles. The van der Waals surface area contributed by atoms with Crippen molar-refractivity contribution >= 4 is 16.9 Å². The van der Waals surface area contributed by atoms with E-state index in [-0.39, 0.29) is 17.1 Å². The summed E-state index contributed by atoms with van der Waals surface area (Å²) in [6.07, 6.45) is 12.5. The number of aromatic amines is 1. The molecule has 1 aromatic heterocycles. The van der Waals surface area contributed by atoms with Crippen LogP contribution in [-0.4, -0.2) is 33.9 Å². The van der Waals surface area contributed by atoms with Crippen LogP contribution in [0.5, 0.6) is 0 Å². The minimum atomic E-state index is -0.216. The van der Waals surface area contributed by atoms with Crippen LogP contribution >= 0.6 is 0 Å². The number of halogens is 1. The van der Waals surface area contributed by atoms with Crippen LogP contribution in [0.15, 0.2) is 30.4 Å². The molecule has 3 fully saturated rings. The number of rotatable bonds is 2. The number of likely N-dealkylation sites (N-methyl/N-ethyl adjacent to an activating group) is 1. The average molecular weight is 436 g/mol. The van der Waals surface area contributed by atoms with Crippen LogP contribution in [-0.2, 0) is 11.2 Å². The van der Waals surface area contributed by atoms with Gasteiger partial charge in [0.2, 0.25) is 5.91 Å². The Balaban J connectivity index is 1.26. The third kappa shape index (κ3) is 2.78. The molecule has 3 aliphatic carbocycles. The topological polar surface area (TPSA) is 49.0 Å². The van der Waals surface area contributed by atoms with Gasteiger partial charge in [-0.15, -0.1) is 0 Å². The molecule has 6 rings (SSSR count). The van der Waals surface area contributed by atoms with Crippen LogP contribution in [0, 0.1) is 40.3 Å². The van der Waals surface area contributed by atoms with E-state index in [1.165, 1.54) is 38.2 Å². The number of amides is 1. The van der Waals surface area contributed by atoms with Crippen molar-refractivity contribution in [2.45, 2.75) is 64.8 Å². The monoisotopic (exact) mass is 435 g/mol. The van der Waals surface area contributed by atoms with Crippen LogP contribution < -0.4 is 0 Å². The number of aromatic nitrogens is 2. The fourth-order valence-corrected chi connectivity index (χ4v) is 8.55. The van der Waals surface area contributed by atoms with Crippen LogP contribution in [0.3, 0.4) is 0 Å². The Morgan fingerprint density at radius 2 is 2.00 bits per heavy atom. The highest BCUT2D eigenvalue weighted by Gasteiger charge is 2.60. The van der Waals surface area contributed by atoms with Gasteiger partial charge in [-0.1, -0.05) is 19.9 Å². The summed E-state index contributed by atoms with van der Waals surface area (Å²) in [6.45, 7) is 4.95. The van der Waals surface area contributed by atoms with E-state index in [0.29, 0.717) is 23.3 Å². The number of nitrogens with zero attached hydrogens (tertiary/aromatic N) is 2. The quantitative estimate of drug-likeness (QED) is 0.677. The van der Waals surface area contributed by atoms with Crippen molar-refractivity contribution in [3.63, 3.8) is 0 Å². The van der Waals surface area contributed by atoms with Crippen molar-refractivity contribution in [2.75, 3.05) is 7.05 Å². The van der Waals surface area contributed by atoms with Crippen LogP contribution in [0.25, 0.3) is 11.0 Å². The number of carbonyl (C=O) groups is 1. The fourth-order valence-electron chi connectivity index (χ4n) is 8.55. The first-order chi connectivity index (χ1) is 15.3. The Morgan fingerprint density at radius 3 is 2.84 bits per heavy atom. The summed E-state index contributed by atoms with van der Waals surface area (Å²) in [6, 6.07) is 5.16. The molecule has 2 heterocycles. The van der Waals surface area contributed by atoms with Gasteiger partial charge < -0.3 is 9.88 Å². The summed E-state index contributed by atoms with van der Waals surface area (Å²) in [5.74, 6) is 3.74. The summed E-state index contributed by atoms with van der Waals surface area (Å²) in [4.78, 5) is 22.5. The molecule has 1 N–H and O–H groups in total. The highest BCUT2D eigenvalue weighted by atomic mass is 19.1. The number of imidazole rings is 1. The summed E-state index contributed by atoms with van der Waals surface area (Å²) < 4.78 is 13.6. The SMILES string of the molecule is CN1C(=O)C=C[C@]2(C)C3CC[C@]4(C)[C@@H](Cc5nc6ccc(F)cc6[nH]5)CC[C@H]4C3CC[C@@H]12. The molecule has 7 atom stereocenters. The summed E-state index contributed by atoms with van der Waals surface area (Å²) in [7, 11) is 1.99. The lowest BCUT2D eigenvalue weighted by Gasteiger charge is -2.60. The van der Waals surface area contributed by atoms with Gasteiger partial charge in [0.1, 0.15) is 11.6 Å². The molecule has 0 spiro atoms. The van der Waals surface area contributed by atoms with Gasteiger partial charge in [-0.2, -0.15) is 0 Å². The van der Waals surface area contributed by atoms with E-state index in [2.05, 4.69) is 24.9 Å². The van der Waals surface area contributed by atoms with Crippen molar-refractivity contribution in [3.05, 3.63) is 42.0 Å². The summed E-state index contributed by atoms with van der Waals surface area (Å²) in [5, 5.41) is 0. The molecule has 5 heteroatoms. The Bertz CT molecular complexity index is 1110. The van der Waals surface area contributed by atoms with Crippen molar-refractivity contribution < 1.29 is 9.18 Å². The zero-order valence-corrected chi connectivity index (χ0v) is 19.4. The number of hydrogen-bond donors (Lipinski definition) is 1. The number of fused-ring (bicyclic) bond motifs is 6. The molecule has 170 valence electrons. The van der Waals surface area contributed by atoms with E-state index in [1.54, 1.807) is 12.1 Å². The van der Waals surface area contributed by atoms with E-state index in [9.17, 15) is 9.18 Å². The smallest absolute Gasteiger partial charge is 0.246 e. The van der Waals surface area contributed by atoms with E-state index in [4.69, 9.17) is 4.98 Å². The molecule has 32 heavy (non-hydrogen) atoms. The first kappa shape index (κ1) is 20.4. The zero-order valence-electron chi connectivity index (χ0n) is 19.4. The van der Waals surface area contributed by atoms with Gasteiger partial charge in [-0.25, -0.2) is 9.37 Å². The lowest BCUT2D eigenvalue weighted by Crippen LogP contribution is -2.59. The molecular formula is C27H34FN3O. The first-order valence-electron chi connectivity index (χ1n) is 12.4. The van der Waals surface area contributed by atoms with Crippen molar-refractivity contribution in [1.29, 1.82) is 0 Å². The second kappa shape index (κ2) is 6.91. The van der Waals surface area contributed by atoms with E-state index >= 15 is 0 Å². The molecule has 3 saturated carbocycles. The molecule has 2 aromatic rings. The van der Waals surface area contributed by atoms with Crippen LogP contribution in [0.4, 0.5) is 4.39 Å². The van der Waals surface area contributed by atoms with Gasteiger partial charge in [-0.05, 0) is 91.9 Å². The van der Waals surface area contributed by atoms with Crippen LogP contribution in [0.2, 0.25) is 0 Å². The van der Waals surface area contributed by atoms with Crippen molar-refractivity contribution in [1.82, 2.24) is 14.9 Å². The molecule has 0 bridgehead atoms. The summed E-state index contributed by atoms with van der Waals surface area (Å²) in [5.41, 5.74) is 2.11. The Kier molecular flexibility index (Phi) is 4.42. The predicted octanol–water partition coefficient (Wildman–Crippen LogP) is 5.50. The van der Waals surface area contributed by atoms with Gasteiger partial charge in [0, 0.05) is 24.9 Å². The molecule has 1 amide bonds. The minimum Gasteiger partial charge on any atom is -0.342 e. The Labute approximate surface area is 189 Å². The maximum atomic E-state index is 13.6. The number of carbonyl (C=O) groups excluding carboxylic acids is 1. The second-order valence-corrected chi connectivity index (χ2v) is 11.5. The Morgan fingerprint density at radius 1 is 1.16 bits per heavy atom. The third-order valence-electron chi connectivity index (χ3n) is 10.3. The molecule has 4 nitrogen and oxygen atoms in total. The molecule has 0 saturated heterocycles. The number of nitrogens with one attached hydrogen (secondary N) is 1. The molecule has 2 unspecified atom stereocenters. The lowest BCUT2D eigenvalue weighted by molar-refractivity contribution is -0.138. The standard InChI is InChI=1S/C27H34FN3O/c1-26-12-10-20-18(6-9-23-27(20,2)13-11-25(32)31(23)3)19(26)7-4-16(26)14-24-29-21-8-5-17(28)15-22(21)30-24/h5,8,11,13,15-16,18-20,23H,4,6-7,9-10,12,14H2,1-3H3,(H,29,30)/t16-,18?,19+,20?,23-,26-,27-/m1/s1. The number of hydrogen-bond acceptors (Lipinski definition) is 2. The highest BCUT2D eigenvalue weighted by Crippen LogP contribution is 2.65. The molecule has 0 radical (unpaired) electrons. The minimum absolute atomic E-state index is 0.105. The van der Waals surface area contributed by atoms with Gasteiger partial charge >= 0.3 is 0 Å². The lowest BCUT2D eigenvalue weighted by atomic mass is 9.47. The zero-order chi connectivity index (χ0) is 22.3. The van der Waals surface area contributed by atoms with Crippen molar-refractivity contribution in [3.8, 4) is 0 Å². The number of H-pyrrole nitrogens is 1. The van der Waals surface area contributed by atoms with E-state index in [0.717, 1.165) is 41.5 Å². The fraction of sp³-hybridized carbons (Fsp3) is 0.630. The van der Waals surface area contributed by atoms with Gasteiger partial charge in [0.15, 0.2) is 0 Å².